The number of hydrogen-bond donors (Lipinski definition) is 4. The predicted molar refractivity (Wildman–Crippen MR) is 214 cm³/mol. The second-order valence-corrected chi connectivity index (χ2v) is 13.7. The summed E-state index contributed by atoms with van der Waals surface area (Å²) in [5, 5.41) is 40.0. The van der Waals surface area contributed by atoms with Gasteiger partial charge in [-0.2, -0.15) is 0 Å². The van der Waals surface area contributed by atoms with Crippen LogP contribution in [0.15, 0.2) is 72.9 Å². The van der Waals surface area contributed by atoms with Crippen molar-refractivity contribution in [2.24, 2.45) is 0 Å². The Hall–Kier alpha value is -2.86. The molecule has 1 saturated heterocycles. The summed E-state index contributed by atoms with van der Waals surface area (Å²) in [4.78, 5) is 25.2. The van der Waals surface area contributed by atoms with Crippen molar-refractivity contribution in [3.63, 3.8) is 0 Å². The number of unbranched alkanes of at least 4 members (excludes halogenated alkanes) is 11. The molecule has 10 heteroatoms. The van der Waals surface area contributed by atoms with Crippen molar-refractivity contribution in [2.45, 2.75) is 173 Å². The predicted octanol–water partition coefficient (Wildman–Crippen LogP) is 8.05. The molecule has 0 aromatic heterocycles. The third kappa shape index (κ3) is 26.0. The van der Waals surface area contributed by atoms with E-state index in [-0.39, 0.29) is 26.1 Å². The van der Waals surface area contributed by atoms with Crippen LogP contribution in [0.4, 0.5) is 0 Å². The summed E-state index contributed by atoms with van der Waals surface area (Å²) in [6.45, 7) is 3.11. The third-order valence-electron chi connectivity index (χ3n) is 8.90. The van der Waals surface area contributed by atoms with Crippen LogP contribution in [0.2, 0.25) is 0 Å². The van der Waals surface area contributed by atoms with E-state index in [0.717, 1.165) is 96.3 Å². The first-order valence-corrected chi connectivity index (χ1v) is 20.5. The van der Waals surface area contributed by atoms with E-state index in [9.17, 15) is 30.0 Å². The van der Waals surface area contributed by atoms with Crippen molar-refractivity contribution in [1.29, 1.82) is 0 Å². The van der Waals surface area contributed by atoms with E-state index in [2.05, 4.69) is 68.5 Å². The van der Waals surface area contributed by atoms with Gasteiger partial charge in [-0.1, -0.05) is 132 Å². The molecule has 0 radical (unpaired) electrons. The maximum absolute atomic E-state index is 12.7. The zero-order chi connectivity index (χ0) is 39.5. The fourth-order valence-corrected chi connectivity index (χ4v) is 5.67. The highest BCUT2D eigenvalue weighted by molar-refractivity contribution is 5.70. The summed E-state index contributed by atoms with van der Waals surface area (Å²) in [5.74, 6) is -0.855. The fraction of sp³-hybridized carbons (Fsp3) is 0.682. The van der Waals surface area contributed by atoms with Crippen molar-refractivity contribution in [3.05, 3.63) is 72.9 Å². The number of aliphatic hydroxyl groups excluding tert-OH is 4. The van der Waals surface area contributed by atoms with E-state index >= 15 is 0 Å². The Kier molecular flexibility index (Phi) is 31.5. The monoisotopic (exact) mass is 761 g/mol. The SMILES string of the molecule is CC/C=C/C=C/C=C/CCCCCCCC(=O)OC(COC(=O)CCCCCCCC/C=C/C/C=C/C/C=C/CC)CO[C@H]1O[C@@H](CO)[C@@H](O)C(O)C1O. The van der Waals surface area contributed by atoms with Crippen molar-refractivity contribution in [3.8, 4) is 0 Å². The highest BCUT2D eigenvalue weighted by Crippen LogP contribution is 2.22. The number of allylic oxidation sites excluding steroid dienone is 12. The molecular formula is C44H72O10. The highest BCUT2D eigenvalue weighted by atomic mass is 16.7. The zero-order valence-corrected chi connectivity index (χ0v) is 33.2. The molecule has 0 bridgehead atoms. The van der Waals surface area contributed by atoms with Crippen molar-refractivity contribution in [1.82, 2.24) is 0 Å². The highest BCUT2D eigenvalue weighted by Gasteiger charge is 2.44. The second-order valence-electron chi connectivity index (χ2n) is 13.7. The molecule has 0 aromatic carbocycles. The lowest BCUT2D eigenvalue weighted by Gasteiger charge is -2.39. The Labute approximate surface area is 325 Å². The molecular weight excluding hydrogens is 688 g/mol. The van der Waals surface area contributed by atoms with Crippen LogP contribution in [0.1, 0.15) is 136 Å². The number of carbonyl (C=O) groups is 2. The van der Waals surface area contributed by atoms with Gasteiger partial charge in [0.05, 0.1) is 13.2 Å². The van der Waals surface area contributed by atoms with Crippen molar-refractivity contribution >= 4 is 11.9 Å². The molecule has 4 N–H and O–H groups in total. The molecule has 1 aliphatic heterocycles. The molecule has 1 heterocycles. The van der Waals surface area contributed by atoms with Gasteiger partial charge < -0.3 is 39.4 Å². The Morgan fingerprint density at radius 2 is 1.13 bits per heavy atom. The van der Waals surface area contributed by atoms with Crippen LogP contribution in [-0.2, 0) is 28.5 Å². The second kappa shape index (κ2) is 34.6. The van der Waals surface area contributed by atoms with Crippen LogP contribution in [-0.4, -0.2) is 89.0 Å². The maximum atomic E-state index is 12.7. The minimum absolute atomic E-state index is 0.200. The third-order valence-corrected chi connectivity index (χ3v) is 8.90. The molecule has 54 heavy (non-hydrogen) atoms. The van der Waals surface area contributed by atoms with Gasteiger partial charge in [0.25, 0.3) is 0 Å². The topological polar surface area (TPSA) is 152 Å². The van der Waals surface area contributed by atoms with Crippen LogP contribution in [0.3, 0.4) is 0 Å². The number of hydrogen-bond acceptors (Lipinski definition) is 10. The van der Waals surface area contributed by atoms with Crippen LogP contribution < -0.4 is 0 Å². The first kappa shape index (κ1) is 49.2. The van der Waals surface area contributed by atoms with Gasteiger partial charge in [0.1, 0.15) is 31.0 Å². The standard InChI is InChI=1S/C44H72O10/c1-3-5-7-9-11-13-15-17-18-19-21-22-24-26-28-30-32-39(46)51-35-37(36-52-44-43(50)42(49)41(48)38(34-45)54-44)53-40(47)33-31-29-27-25-23-20-16-14-12-10-8-6-4-2/h5-8,10-14,16-18,37-38,41-45,48-50H,3-4,9,15,19-36H2,1-2H3/b7-5+,8-6+,12-10+,13-11+,16-14+,18-17+/t37?,38-,41+,42?,43?,44-/m0/s1. The lowest BCUT2D eigenvalue weighted by atomic mass is 9.99. The number of carbonyl (C=O) groups excluding carboxylic acids is 2. The molecule has 0 amide bonds. The first-order chi connectivity index (χ1) is 26.3. The van der Waals surface area contributed by atoms with Crippen molar-refractivity contribution in [2.75, 3.05) is 19.8 Å². The molecule has 1 rings (SSSR count). The van der Waals surface area contributed by atoms with Crippen LogP contribution in [0, 0.1) is 0 Å². The lowest BCUT2D eigenvalue weighted by Crippen LogP contribution is -2.59. The molecule has 1 aliphatic rings. The summed E-state index contributed by atoms with van der Waals surface area (Å²) < 4.78 is 22.1. The molecule has 0 saturated carbocycles. The van der Waals surface area contributed by atoms with Crippen LogP contribution in [0.25, 0.3) is 0 Å². The molecule has 0 spiro atoms. The largest absolute Gasteiger partial charge is 0.462 e. The minimum atomic E-state index is -1.60. The van der Waals surface area contributed by atoms with E-state index in [0.29, 0.717) is 12.8 Å². The molecule has 6 atom stereocenters. The molecule has 1 fully saturated rings. The Bertz CT molecular complexity index is 1110. The number of aliphatic hydroxyl groups is 4. The smallest absolute Gasteiger partial charge is 0.306 e. The molecule has 308 valence electrons. The Morgan fingerprint density at radius 1 is 0.593 bits per heavy atom. The summed E-state index contributed by atoms with van der Waals surface area (Å²) >= 11 is 0. The molecule has 3 unspecified atom stereocenters. The van der Waals surface area contributed by atoms with E-state index in [1.807, 2.05) is 18.2 Å². The van der Waals surface area contributed by atoms with Gasteiger partial charge in [-0.25, -0.2) is 0 Å². The molecule has 0 aliphatic carbocycles. The minimum Gasteiger partial charge on any atom is -0.462 e. The van der Waals surface area contributed by atoms with E-state index < -0.39 is 55.4 Å². The van der Waals surface area contributed by atoms with Gasteiger partial charge in [0.2, 0.25) is 0 Å². The Morgan fingerprint density at radius 3 is 1.76 bits per heavy atom. The van der Waals surface area contributed by atoms with Gasteiger partial charge in [0, 0.05) is 12.8 Å². The van der Waals surface area contributed by atoms with E-state index in [1.54, 1.807) is 0 Å². The van der Waals surface area contributed by atoms with E-state index in [4.69, 9.17) is 18.9 Å². The number of ether oxygens (including phenoxy) is 4. The summed E-state index contributed by atoms with van der Waals surface area (Å²) in [6, 6.07) is 0. The number of rotatable bonds is 32. The van der Waals surface area contributed by atoms with Gasteiger partial charge in [0.15, 0.2) is 12.4 Å². The average molecular weight is 761 g/mol. The van der Waals surface area contributed by atoms with Crippen LogP contribution in [0.5, 0.6) is 0 Å². The fourth-order valence-electron chi connectivity index (χ4n) is 5.67. The van der Waals surface area contributed by atoms with Crippen LogP contribution >= 0.6 is 0 Å². The Balaban J connectivity index is 2.39. The van der Waals surface area contributed by atoms with Gasteiger partial charge in [-0.3, -0.25) is 9.59 Å². The molecule has 0 aromatic rings. The number of esters is 2. The average Bonchev–Trinajstić information content (AvgIpc) is 3.17. The zero-order valence-electron chi connectivity index (χ0n) is 33.2. The lowest BCUT2D eigenvalue weighted by molar-refractivity contribution is -0.305. The molecule has 10 nitrogen and oxygen atoms in total. The van der Waals surface area contributed by atoms with Gasteiger partial charge in [-0.15, -0.1) is 0 Å². The maximum Gasteiger partial charge on any atom is 0.306 e. The normalized spacial score (nSPS) is 21.5. The van der Waals surface area contributed by atoms with Crippen molar-refractivity contribution < 1.29 is 49.0 Å². The van der Waals surface area contributed by atoms with E-state index in [1.165, 1.54) is 0 Å². The summed E-state index contributed by atoms with van der Waals surface area (Å²) in [5.41, 5.74) is 0. The van der Waals surface area contributed by atoms with Gasteiger partial charge in [-0.05, 0) is 64.2 Å². The van der Waals surface area contributed by atoms with Gasteiger partial charge >= 0.3 is 11.9 Å². The first-order valence-electron chi connectivity index (χ1n) is 20.5. The quantitative estimate of drug-likeness (QED) is 0.0230. The summed E-state index contributed by atoms with van der Waals surface area (Å²) in [7, 11) is 0. The summed E-state index contributed by atoms with van der Waals surface area (Å²) in [6.07, 6.45) is 34.8.